The maximum absolute atomic E-state index is 11.2. The van der Waals surface area contributed by atoms with Crippen LogP contribution in [0, 0.1) is 0 Å². The molecule has 0 aromatic rings. The Kier molecular flexibility index (Phi) is 9.72. The molecule has 0 bridgehead atoms. The van der Waals surface area contributed by atoms with Gasteiger partial charge in [0.1, 0.15) is 0 Å². The zero-order chi connectivity index (χ0) is 13.1. The van der Waals surface area contributed by atoms with Crippen molar-refractivity contribution in [3.8, 4) is 0 Å². The molecule has 0 aliphatic rings. The van der Waals surface area contributed by atoms with Crippen LogP contribution in [0.5, 0.6) is 0 Å². The Balaban J connectivity index is 3.73. The quantitative estimate of drug-likeness (QED) is 0.327. The fraction of sp³-hybridized carbons (Fsp3) is 1.00. The maximum atomic E-state index is 11.2. The molecule has 0 aromatic carbocycles. The third-order valence-electron chi connectivity index (χ3n) is 2.17. The molecule has 0 spiro atoms. The van der Waals surface area contributed by atoms with Crippen LogP contribution in [0.25, 0.3) is 0 Å². The van der Waals surface area contributed by atoms with E-state index in [0.29, 0.717) is 12.8 Å². The van der Waals surface area contributed by atoms with E-state index >= 15 is 0 Å². The number of hydrogen-bond acceptors (Lipinski definition) is 5. The lowest BCUT2D eigenvalue weighted by molar-refractivity contribution is -0.210. The molecule has 0 rings (SSSR count). The van der Waals surface area contributed by atoms with E-state index in [1.165, 1.54) is 0 Å². The van der Waals surface area contributed by atoms with Crippen LogP contribution < -0.4 is 0 Å². The molecule has 0 saturated heterocycles. The van der Waals surface area contributed by atoms with Crippen molar-refractivity contribution in [1.82, 2.24) is 0 Å². The number of unbranched alkanes of at least 4 members (excludes halogenated alkanes) is 3. The summed E-state index contributed by atoms with van der Waals surface area (Å²) in [5.74, 6) is 0. The van der Waals surface area contributed by atoms with Gasteiger partial charge in [0.05, 0.1) is 12.7 Å². The van der Waals surface area contributed by atoms with E-state index in [1.807, 2.05) is 6.92 Å². The first-order valence-corrected chi connectivity index (χ1v) is 7.59. The molecule has 0 aromatic heterocycles. The molecule has 1 atom stereocenters. The lowest BCUT2D eigenvalue weighted by Gasteiger charge is -2.11. The Morgan fingerprint density at radius 1 is 1.06 bits per heavy atom. The van der Waals surface area contributed by atoms with E-state index in [4.69, 9.17) is 4.18 Å². The highest BCUT2D eigenvalue weighted by atomic mass is 32.3. The average Bonchev–Trinajstić information content (AvgIpc) is 2.24. The molecule has 0 N–H and O–H groups in total. The summed E-state index contributed by atoms with van der Waals surface area (Å²) >= 11 is 0. The van der Waals surface area contributed by atoms with E-state index in [2.05, 4.69) is 16.1 Å². The third kappa shape index (κ3) is 10.7. The first-order chi connectivity index (χ1) is 8.02. The van der Waals surface area contributed by atoms with Crippen molar-refractivity contribution in [3.63, 3.8) is 0 Å². The Bertz CT molecular complexity index is 263. The maximum Gasteiger partial charge on any atom is 0.426 e. The Labute approximate surface area is 105 Å². The van der Waals surface area contributed by atoms with Crippen molar-refractivity contribution in [2.24, 2.45) is 0 Å². The summed E-state index contributed by atoms with van der Waals surface area (Å²) < 4.78 is 31.5. The van der Waals surface area contributed by atoms with Crippen LogP contribution in [-0.4, -0.2) is 21.1 Å². The van der Waals surface area contributed by atoms with Crippen molar-refractivity contribution in [2.45, 2.75) is 65.4 Å². The monoisotopic (exact) mass is 268 g/mol. The van der Waals surface area contributed by atoms with E-state index in [9.17, 15) is 8.42 Å². The van der Waals surface area contributed by atoms with Gasteiger partial charge in [-0.3, -0.25) is 0 Å². The van der Waals surface area contributed by atoms with Gasteiger partial charge >= 0.3 is 10.4 Å². The molecule has 1 unspecified atom stereocenters. The van der Waals surface area contributed by atoms with Gasteiger partial charge < -0.3 is 0 Å². The Morgan fingerprint density at radius 3 is 2.35 bits per heavy atom. The molecule has 104 valence electrons. The van der Waals surface area contributed by atoms with Gasteiger partial charge in [-0.25, -0.2) is 9.07 Å². The molecule has 0 aliphatic heterocycles. The summed E-state index contributed by atoms with van der Waals surface area (Å²) in [7, 11) is -4.02. The van der Waals surface area contributed by atoms with Gasteiger partial charge in [0.2, 0.25) is 0 Å². The van der Waals surface area contributed by atoms with Crippen molar-refractivity contribution in [3.05, 3.63) is 0 Å². The minimum Gasteiger partial charge on any atom is -0.243 e. The summed E-state index contributed by atoms with van der Waals surface area (Å²) in [5, 5.41) is 0. The molecule has 17 heavy (non-hydrogen) atoms. The summed E-state index contributed by atoms with van der Waals surface area (Å²) in [6.45, 7) is 5.93. The predicted octanol–water partition coefficient (Wildman–Crippen LogP) is 2.96. The first-order valence-electron chi connectivity index (χ1n) is 6.26. The van der Waals surface area contributed by atoms with Crippen LogP contribution in [0.1, 0.15) is 59.3 Å². The summed E-state index contributed by atoms with van der Waals surface area (Å²) in [6, 6.07) is 0. The van der Waals surface area contributed by atoms with E-state index in [0.717, 1.165) is 25.7 Å². The van der Waals surface area contributed by atoms with Gasteiger partial charge in [-0.05, 0) is 19.8 Å². The highest BCUT2D eigenvalue weighted by Gasteiger charge is 2.17. The van der Waals surface area contributed by atoms with Crippen molar-refractivity contribution in [1.29, 1.82) is 0 Å². The fourth-order valence-electron chi connectivity index (χ4n) is 1.30. The normalized spacial score (nSPS) is 13.8. The molecule has 0 radical (unpaired) electrons. The third-order valence-corrected chi connectivity index (χ3v) is 2.99. The summed E-state index contributed by atoms with van der Waals surface area (Å²) in [6.07, 6.45) is 5.38. The van der Waals surface area contributed by atoms with Crippen LogP contribution in [0.4, 0.5) is 0 Å². The van der Waals surface area contributed by atoms with Crippen molar-refractivity contribution in [2.75, 3.05) is 6.61 Å². The molecule has 0 aliphatic carbocycles. The molecule has 0 saturated carbocycles. The fourth-order valence-corrected chi connectivity index (χ4v) is 2.02. The molecule has 5 nitrogen and oxygen atoms in total. The lowest BCUT2D eigenvalue weighted by atomic mass is 10.1. The van der Waals surface area contributed by atoms with Gasteiger partial charge in [-0.1, -0.05) is 43.9 Å². The second-order valence-electron chi connectivity index (χ2n) is 4.05. The average molecular weight is 268 g/mol. The van der Waals surface area contributed by atoms with Crippen LogP contribution in [0.3, 0.4) is 0 Å². The molecule has 6 heteroatoms. The van der Waals surface area contributed by atoms with Gasteiger partial charge in [0, 0.05) is 0 Å². The SMILES string of the molecule is CCCCCCC(C)OS(=O)(=O)OOCCC. The van der Waals surface area contributed by atoms with Crippen molar-refractivity contribution < 1.29 is 21.8 Å². The number of hydrogen-bond donors (Lipinski definition) is 0. The highest BCUT2D eigenvalue weighted by molar-refractivity contribution is 7.81. The first kappa shape index (κ1) is 16.8. The van der Waals surface area contributed by atoms with E-state index in [-0.39, 0.29) is 12.7 Å². The molecular formula is C11H24O5S. The van der Waals surface area contributed by atoms with Crippen LogP contribution in [0.15, 0.2) is 0 Å². The minimum atomic E-state index is -4.02. The molecule has 0 fully saturated rings. The molecule has 0 amide bonds. The Hall–Kier alpha value is -0.170. The largest absolute Gasteiger partial charge is 0.426 e. The van der Waals surface area contributed by atoms with Gasteiger partial charge in [0.15, 0.2) is 0 Å². The molecule has 0 heterocycles. The summed E-state index contributed by atoms with van der Waals surface area (Å²) in [4.78, 5) is 4.48. The van der Waals surface area contributed by atoms with Crippen molar-refractivity contribution >= 4 is 10.4 Å². The van der Waals surface area contributed by atoms with Gasteiger partial charge in [-0.2, -0.15) is 8.42 Å². The highest BCUT2D eigenvalue weighted by Crippen LogP contribution is 2.11. The Morgan fingerprint density at radius 2 is 1.76 bits per heavy atom. The summed E-state index contributed by atoms with van der Waals surface area (Å²) in [5.41, 5.74) is 0. The second kappa shape index (κ2) is 9.82. The topological polar surface area (TPSA) is 61.8 Å². The second-order valence-corrected chi connectivity index (χ2v) is 5.20. The zero-order valence-electron chi connectivity index (χ0n) is 11.0. The van der Waals surface area contributed by atoms with Crippen LogP contribution >= 0.6 is 0 Å². The van der Waals surface area contributed by atoms with Crippen LogP contribution in [0.2, 0.25) is 0 Å². The smallest absolute Gasteiger partial charge is 0.243 e. The standard InChI is InChI=1S/C11H24O5S/c1-4-6-7-8-9-11(3)15-17(12,13)16-14-10-5-2/h11H,4-10H2,1-3H3. The van der Waals surface area contributed by atoms with E-state index < -0.39 is 10.4 Å². The van der Waals surface area contributed by atoms with Gasteiger partial charge in [-0.15, -0.1) is 0 Å². The zero-order valence-corrected chi connectivity index (χ0v) is 11.8. The van der Waals surface area contributed by atoms with E-state index in [1.54, 1.807) is 6.92 Å². The van der Waals surface area contributed by atoms with Crippen LogP contribution in [-0.2, 0) is 23.8 Å². The predicted molar refractivity (Wildman–Crippen MR) is 65.6 cm³/mol. The minimum absolute atomic E-state index is 0.230. The lowest BCUT2D eigenvalue weighted by Crippen LogP contribution is -2.18. The van der Waals surface area contributed by atoms with Gasteiger partial charge in [0.25, 0.3) is 0 Å². The number of rotatable bonds is 11. The molecular weight excluding hydrogens is 244 g/mol.